The number of rotatable bonds is 12. The normalized spacial score (nSPS) is 21.7. The number of urea groups is 1. The maximum Gasteiger partial charge on any atom is 0.320 e. The van der Waals surface area contributed by atoms with E-state index in [-0.39, 0.29) is 47.3 Å². The molecule has 0 aliphatic carbocycles. The van der Waals surface area contributed by atoms with Gasteiger partial charge in [0.25, 0.3) is 11.8 Å². The van der Waals surface area contributed by atoms with Gasteiger partial charge in [-0.15, -0.1) is 0 Å². The second-order valence-electron chi connectivity index (χ2n) is 17.4. The predicted octanol–water partition coefficient (Wildman–Crippen LogP) is 3.56. The molecule has 8 rings (SSSR count). The number of likely N-dealkylation sites (tertiary alicyclic amines) is 1. The molecule has 7 amide bonds. The molecule has 1 aromatic heterocycles. The van der Waals surface area contributed by atoms with Gasteiger partial charge < -0.3 is 30.2 Å². The number of primary amides is 1. The first-order valence-electron chi connectivity index (χ1n) is 21.4. The van der Waals surface area contributed by atoms with Crippen molar-refractivity contribution in [3.8, 4) is 0 Å². The van der Waals surface area contributed by atoms with Crippen LogP contribution in [0.15, 0.2) is 48.7 Å². The Morgan fingerprint density at radius 2 is 1.72 bits per heavy atom. The van der Waals surface area contributed by atoms with Crippen LogP contribution in [0.2, 0.25) is 0 Å². The molecule has 3 aromatic rings. The second kappa shape index (κ2) is 17.0. The molecule has 0 spiro atoms. The molecule has 0 radical (unpaired) electrons. The summed E-state index contributed by atoms with van der Waals surface area (Å²) in [5.41, 5.74) is 11.2. The number of carbonyl (C=O) groups is 6. The molecule has 6 heterocycles. The first-order valence-corrected chi connectivity index (χ1v) is 21.4. The maximum absolute atomic E-state index is 13.3. The molecule has 2 atom stereocenters. The van der Waals surface area contributed by atoms with Gasteiger partial charge in [0.1, 0.15) is 17.6 Å². The van der Waals surface area contributed by atoms with Gasteiger partial charge in [0.15, 0.2) is 0 Å². The van der Waals surface area contributed by atoms with Gasteiger partial charge in [0.05, 0.1) is 17.9 Å². The molecule has 5 aliphatic heterocycles. The van der Waals surface area contributed by atoms with Crippen LogP contribution >= 0.6 is 0 Å². The molecule has 4 saturated heterocycles. The molecular weight excluding hydrogens is 763 g/mol. The number of aryl methyl sites for hydroxylation is 1. The smallest absolute Gasteiger partial charge is 0.320 e. The Hall–Kier alpha value is -5.86. The highest BCUT2D eigenvalue weighted by atomic mass is 16.2. The van der Waals surface area contributed by atoms with Crippen LogP contribution in [0.4, 0.5) is 10.6 Å². The van der Waals surface area contributed by atoms with Gasteiger partial charge in [-0.1, -0.05) is 43.3 Å². The lowest BCUT2D eigenvalue weighted by atomic mass is 9.74. The number of nitrogens with one attached hydrogen (secondary N) is 1. The number of fused-ring (bicyclic) bond motifs is 1. The van der Waals surface area contributed by atoms with Gasteiger partial charge in [-0.3, -0.25) is 29.3 Å². The van der Waals surface area contributed by atoms with Crippen molar-refractivity contribution in [1.82, 2.24) is 34.9 Å². The largest absolute Gasteiger partial charge is 0.364 e. The number of amides is 7. The van der Waals surface area contributed by atoms with Gasteiger partial charge in [-0.05, 0) is 85.1 Å². The zero-order valence-corrected chi connectivity index (χ0v) is 34.7. The van der Waals surface area contributed by atoms with E-state index in [1.54, 1.807) is 22.1 Å². The lowest BCUT2D eigenvalue weighted by molar-refractivity contribution is -0.137. The first-order chi connectivity index (χ1) is 28.9. The summed E-state index contributed by atoms with van der Waals surface area (Å²) in [5, 5.41) is 2.36. The van der Waals surface area contributed by atoms with Gasteiger partial charge in [-0.2, -0.15) is 0 Å². The van der Waals surface area contributed by atoms with Gasteiger partial charge >= 0.3 is 6.03 Å². The Morgan fingerprint density at radius 1 is 0.933 bits per heavy atom. The van der Waals surface area contributed by atoms with E-state index >= 15 is 0 Å². The van der Waals surface area contributed by atoms with Crippen molar-refractivity contribution in [2.45, 2.75) is 102 Å². The van der Waals surface area contributed by atoms with E-state index in [0.29, 0.717) is 62.5 Å². The molecule has 60 heavy (non-hydrogen) atoms. The standard InChI is InChI=1S/C45H55N9O6/c1-45(18-21-51(22-19-45)39(56)11-4-3-7-30-8-5-10-33-34(30)28-54(43(33)59)36-16-17-38(55)49-42(36)58)31-14-12-29(13-15-31)25-35-40(41(46)57)47-26-37(48-35)52-20-6-9-32(27-52)53-24-23-50(2)44(53)60/h5,8,10,12-15,26,32,36H,3-4,6-7,9,11,16-25,27-28H2,1-2H3,(H2,46,57)(H,49,55,58)/t32-,36?/m1/s1. The Kier molecular flexibility index (Phi) is 11.6. The maximum atomic E-state index is 13.3. The van der Waals surface area contributed by atoms with Gasteiger partial charge in [0.2, 0.25) is 17.7 Å². The lowest BCUT2D eigenvalue weighted by Crippen LogP contribution is -2.52. The number of piperidine rings is 3. The number of unbranched alkanes of at least 4 members (excludes halogenated alkanes) is 1. The van der Waals surface area contributed by atoms with Crippen molar-refractivity contribution in [3.63, 3.8) is 0 Å². The zero-order chi connectivity index (χ0) is 42.1. The van der Waals surface area contributed by atoms with E-state index in [9.17, 15) is 28.8 Å². The summed E-state index contributed by atoms with van der Waals surface area (Å²) in [5.74, 6) is -0.660. The van der Waals surface area contributed by atoms with Crippen LogP contribution in [0.1, 0.15) is 114 Å². The SMILES string of the molecule is CN1CCN([C@@H]2CCCN(c3cnc(C(N)=O)c(Cc4ccc(C5(C)CCN(C(=O)CCCCc6cccc7c6CN(C6CCC(=O)NC6=O)C7=O)CC5)cc4)n3)C2)C1=O. The number of nitrogens with zero attached hydrogens (tertiary/aromatic N) is 7. The van der Waals surface area contributed by atoms with E-state index in [2.05, 4.69) is 46.4 Å². The second-order valence-corrected chi connectivity index (χ2v) is 17.4. The highest BCUT2D eigenvalue weighted by Crippen LogP contribution is 2.36. The molecule has 316 valence electrons. The topological polar surface area (TPSA) is 182 Å². The highest BCUT2D eigenvalue weighted by molar-refractivity contribution is 6.05. The molecule has 15 heteroatoms. The average Bonchev–Trinajstić information content (AvgIpc) is 3.77. The Balaban J connectivity index is 0.822. The summed E-state index contributed by atoms with van der Waals surface area (Å²) in [4.78, 5) is 94.6. The summed E-state index contributed by atoms with van der Waals surface area (Å²) in [6.07, 6.45) is 8.89. The Morgan fingerprint density at radius 3 is 2.43 bits per heavy atom. The van der Waals surface area contributed by atoms with Gasteiger partial charge in [0, 0.05) is 77.7 Å². The average molecular weight is 818 g/mol. The fourth-order valence-electron chi connectivity index (χ4n) is 9.71. The molecule has 5 aliphatic rings. The number of nitrogens with two attached hydrogens (primary N) is 1. The van der Waals surface area contributed by atoms with Crippen LogP contribution in [0.5, 0.6) is 0 Å². The van der Waals surface area contributed by atoms with Crippen LogP contribution in [0, 0.1) is 0 Å². The number of carbonyl (C=O) groups excluding carboxylic acids is 6. The third kappa shape index (κ3) is 8.30. The number of hydrogen-bond acceptors (Lipinski definition) is 9. The lowest BCUT2D eigenvalue weighted by Gasteiger charge is -2.40. The quantitative estimate of drug-likeness (QED) is 0.204. The third-order valence-corrected chi connectivity index (χ3v) is 13.5. The molecule has 0 bridgehead atoms. The minimum Gasteiger partial charge on any atom is -0.364 e. The molecular formula is C45H55N9O6. The summed E-state index contributed by atoms with van der Waals surface area (Å²) in [6.45, 7) is 6.89. The minimum atomic E-state index is -0.640. The molecule has 1 unspecified atom stereocenters. The predicted molar refractivity (Wildman–Crippen MR) is 223 cm³/mol. The van der Waals surface area contributed by atoms with E-state index in [1.165, 1.54) is 5.56 Å². The molecule has 0 saturated carbocycles. The van der Waals surface area contributed by atoms with Crippen molar-refractivity contribution in [2.75, 3.05) is 51.2 Å². The molecule has 4 fully saturated rings. The van der Waals surface area contributed by atoms with E-state index in [0.717, 1.165) is 81.3 Å². The molecule has 15 nitrogen and oxygen atoms in total. The Bertz CT molecular complexity index is 2190. The summed E-state index contributed by atoms with van der Waals surface area (Å²) < 4.78 is 0. The van der Waals surface area contributed by atoms with Crippen molar-refractivity contribution in [2.24, 2.45) is 5.73 Å². The van der Waals surface area contributed by atoms with Crippen LogP contribution in [0.25, 0.3) is 0 Å². The monoisotopic (exact) mass is 817 g/mol. The van der Waals surface area contributed by atoms with Crippen molar-refractivity contribution in [3.05, 3.63) is 87.9 Å². The van der Waals surface area contributed by atoms with Crippen LogP contribution < -0.4 is 16.0 Å². The highest BCUT2D eigenvalue weighted by Gasteiger charge is 2.40. The summed E-state index contributed by atoms with van der Waals surface area (Å²) in [7, 11) is 1.83. The van der Waals surface area contributed by atoms with E-state index in [4.69, 9.17) is 10.7 Å². The summed E-state index contributed by atoms with van der Waals surface area (Å²) in [6, 6.07) is 13.7. The fourth-order valence-corrected chi connectivity index (χ4v) is 9.71. The minimum absolute atomic E-state index is 0.0642. The number of anilines is 1. The number of hydrogen-bond donors (Lipinski definition) is 2. The summed E-state index contributed by atoms with van der Waals surface area (Å²) >= 11 is 0. The van der Waals surface area contributed by atoms with Crippen LogP contribution in [-0.2, 0) is 39.2 Å². The number of likely N-dealkylation sites (N-methyl/N-ethyl adjacent to an activating group) is 1. The zero-order valence-electron chi connectivity index (χ0n) is 34.7. The van der Waals surface area contributed by atoms with Crippen LogP contribution in [-0.4, -0.2) is 124 Å². The van der Waals surface area contributed by atoms with Crippen LogP contribution in [0.3, 0.4) is 0 Å². The molecule has 3 N–H and O–H groups in total. The Labute approximate surface area is 350 Å². The van der Waals surface area contributed by atoms with Crippen molar-refractivity contribution in [1.29, 1.82) is 0 Å². The van der Waals surface area contributed by atoms with Crippen molar-refractivity contribution < 1.29 is 28.8 Å². The number of aromatic nitrogens is 2. The number of benzene rings is 2. The van der Waals surface area contributed by atoms with E-state index in [1.807, 2.05) is 29.0 Å². The van der Waals surface area contributed by atoms with Gasteiger partial charge in [-0.25, -0.2) is 14.8 Å². The van der Waals surface area contributed by atoms with Crippen molar-refractivity contribution >= 4 is 41.4 Å². The third-order valence-electron chi connectivity index (χ3n) is 13.5. The van der Waals surface area contributed by atoms with E-state index < -0.39 is 17.9 Å². The molecule has 2 aromatic carbocycles. The number of imide groups is 1. The fraction of sp³-hybridized carbons (Fsp3) is 0.511. The first kappa shape index (κ1) is 40.9.